The fourth-order valence-electron chi connectivity index (χ4n) is 2.47. The number of hydrogen-bond acceptors (Lipinski definition) is 4. The lowest BCUT2D eigenvalue weighted by Gasteiger charge is -2.23. The molecule has 1 N–H and O–H groups in total. The fourth-order valence-corrected chi connectivity index (χ4v) is 2.47. The van der Waals surface area contributed by atoms with Crippen LogP contribution in [0.3, 0.4) is 0 Å². The number of aryl methyl sites for hydroxylation is 1. The quantitative estimate of drug-likeness (QED) is 0.939. The van der Waals surface area contributed by atoms with Crippen LogP contribution in [0, 0.1) is 5.92 Å². The predicted molar refractivity (Wildman–Crippen MR) is 67.9 cm³/mol. The van der Waals surface area contributed by atoms with E-state index in [2.05, 4.69) is 20.0 Å². The van der Waals surface area contributed by atoms with Gasteiger partial charge in [-0.1, -0.05) is 5.16 Å². The average molecular weight is 314 g/mol. The van der Waals surface area contributed by atoms with E-state index < -0.39 is 11.9 Å². The van der Waals surface area contributed by atoms with Crippen LogP contribution in [0.15, 0.2) is 23.0 Å². The third-order valence-corrected chi connectivity index (χ3v) is 3.60. The zero-order chi connectivity index (χ0) is 15.7. The fraction of sp³-hybridized carbons (Fsp3) is 0.462. The minimum absolute atomic E-state index is 0.0543. The van der Waals surface area contributed by atoms with Crippen molar-refractivity contribution in [2.75, 3.05) is 6.54 Å². The van der Waals surface area contributed by atoms with Crippen molar-refractivity contribution in [2.45, 2.75) is 25.6 Å². The van der Waals surface area contributed by atoms with Crippen molar-refractivity contribution in [1.29, 1.82) is 0 Å². The van der Waals surface area contributed by atoms with E-state index >= 15 is 0 Å². The summed E-state index contributed by atoms with van der Waals surface area (Å²) in [5.41, 5.74) is -0.687. The minimum Gasteiger partial charge on any atom is -0.364 e. The monoisotopic (exact) mass is 314 g/mol. The van der Waals surface area contributed by atoms with Crippen LogP contribution in [0.4, 0.5) is 13.2 Å². The van der Waals surface area contributed by atoms with E-state index in [-0.39, 0.29) is 17.5 Å². The lowest BCUT2D eigenvalue weighted by Crippen LogP contribution is -2.33. The summed E-state index contributed by atoms with van der Waals surface area (Å²) in [5, 5.41) is 6.22. The van der Waals surface area contributed by atoms with Crippen LogP contribution >= 0.6 is 0 Å². The number of carbonyl (C=O) groups is 1. The molecule has 2 aromatic rings. The zero-order valence-corrected chi connectivity index (χ0v) is 11.4. The molecule has 0 aromatic carbocycles. The highest BCUT2D eigenvalue weighted by Gasteiger charge is 2.35. The molecule has 0 aliphatic carbocycles. The van der Waals surface area contributed by atoms with E-state index in [1.54, 1.807) is 0 Å². The number of carbonyl (C=O) groups excluding carboxylic acids is 1. The first-order chi connectivity index (χ1) is 10.4. The molecule has 1 atom stereocenters. The van der Waals surface area contributed by atoms with E-state index in [0.717, 1.165) is 6.20 Å². The van der Waals surface area contributed by atoms with Gasteiger partial charge in [-0.15, -0.1) is 0 Å². The zero-order valence-electron chi connectivity index (χ0n) is 11.4. The van der Waals surface area contributed by atoms with Gasteiger partial charge in [-0.05, 0) is 12.3 Å². The van der Waals surface area contributed by atoms with E-state index in [1.807, 2.05) is 0 Å². The Morgan fingerprint density at radius 3 is 3.00 bits per heavy atom. The molecule has 1 aliphatic rings. The number of halogens is 3. The maximum Gasteiger partial charge on any atom is 0.434 e. The number of rotatable bonds is 3. The van der Waals surface area contributed by atoms with Crippen LogP contribution in [0.2, 0.25) is 0 Å². The molecule has 0 unspecified atom stereocenters. The molecule has 22 heavy (non-hydrogen) atoms. The lowest BCUT2D eigenvalue weighted by atomic mass is 9.99. The van der Waals surface area contributed by atoms with Crippen molar-refractivity contribution in [3.63, 3.8) is 0 Å². The maximum atomic E-state index is 12.6. The van der Waals surface area contributed by atoms with E-state index in [4.69, 9.17) is 0 Å². The van der Waals surface area contributed by atoms with E-state index in [9.17, 15) is 18.0 Å². The summed E-state index contributed by atoms with van der Waals surface area (Å²) in [6.07, 6.45) is -0.970. The van der Waals surface area contributed by atoms with Crippen molar-refractivity contribution >= 4 is 5.91 Å². The number of fused-ring (bicyclic) bond motifs is 1. The van der Waals surface area contributed by atoms with Crippen molar-refractivity contribution in [2.24, 2.45) is 5.92 Å². The smallest absolute Gasteiger partial charge is 0.364 e. The summed E-state index contributed by atoms with van der Waals surface area (Å²) >= 11 is 0. The Morgan fingerprint density at radius 2 is 2.32 bits per heavy atom. The summed E-state index contributed by atoms with van der Waals surface area (Å²) < 4.78 is 44.0. The highest BCUT2D eigenvalue weighted by molar-refractivity contribution is 5.91. The van der Waals surface area contributed by atoms with Gasteiger partial charge < -0.3 is 14.4 Å². The van der Waals surface area contributed by atoms with Gasteiger partial charge in [-0.25, -0.2) is 4.98 Å². The average Bonchev–Trinajstić information content (AvgIpc) is 3.12. The van der Waals surface area contributed by atoms with Crippen LogP contribution in [0.1, 0.15) is 28.4 Å². The van der Waals surface area contributed by atoms with Gasteiger partial charge in [-0.3, -0.25) is 4.79 Å². The Kier molecular flexibility index (Phi) is 3.63. The SMILES string of the molecule is O=C(NC[C@H]1CCc2nc(C(F)(F)F)cn2C1)c1ccon1. The second-order valence-corrected chi connectivity index (χ2v) is 5.19. The number of nitrogens with one attached hydrogen (secondary N) is 1. The van der Waals surface area contributed by atoms with Crippen LogP contribution in [0.25, 0.3) is 0 Å². The molecular weight excluding hydrogens is 301 g/mol. The van der Waals surface area contributed by atoms with Gasteiger partial charge in [0.1, 0.15) is 12.1 Å². The van der Waals surface area contributed by atoms with Gasteiger partial charge in [0.25, 0.3) is 5.91 Å². The minimum atomic E-state index is -4.43. The normalized spacial score (nSPS) is 18.0. The molecular formula is C13H13F3N4O2. The van der Waals surface area contributed by atoms with Gasteiger partial charge in [0.2, 0.25) is 0 Å². The molecule has 0 spiro atoms. The molecule has 3 rings (SSSR count). The first-order valence-electron chi connectivity index (χ1n) is 6.75. The van der Waals surface area contributed by atoms with E-state index in [1.165, 1.54) is 16.9 Å². The van der Waals surface area contributed by atoms with Gasteiger partial charge in [0.15, 0.2) is 11.4 Å². The van der Waals surface area contributed by atoms with Gasteiger partial charge in [0.05, 0.1) is 0 Å². The number of hydrogen-bond donors (Lipinski definition) is 1. The van der Waals surface area contributed by atoms with Crippen LogP contribution in [-0.2, 0) is 19.1 Å². The summed E-state index contributed by atoms with van der Waals surface area (Å²) in [7, 11) is 0. The predicted octanol–water partition coefficient (Wildman–Crippen LogP) is 1.88. The van der Waals surface area contributed by atoms with Crippen molar-refractivity contribution in [3.05, 3.63) is 35.7 Å². The Bertz CT molecular complexity index is 663. The standard InChI is InChI=1S/C13H13F3N4O2/c14-13(15,16)10-7-20-6-8(1-2-11(20)18-10)5-17-12(21)9-3-4-22-19-9/h3-4,7-8H,1-2,5-6H2,(H,17,21)/t8-/m1/s1. The van der Waals surface area contributed by atoms with Crippen LogP contribution in [-0.4, -0.2) is 27.2 Å². The molecule has 9 heteroatoms. The largest absolute Gasteiger partial charge is 0.434 e. The third-order valence-electron chi connectivity index (χ3n) is 3.60. The molecule has 6 nitrogen and oxygen atoms in total. The Balaban J connectivity index is 1.60. The molecule has 3 heterocycles. The first-order valence-corrected chi connectivity index (χ1v) is 6.75. The Morgan fingerprint density at radius 1 is 1.50 bits per heavy atom. The molecule has 118 valence electrons. The molecule has 0 fully saturated rings. The molecule has 0 bridgehead atoms. The van der Waals surface area contributed by atoms with Crippen molar-refractivity contribution < 1.29 is 22.5 Å². The third kappa shape index (κ3) is 2.97. The van der Waals surface area contributed by atoms with Gasteiger partial charge in [-0.2, -0.15) is 13.2 Å². The highest BCUT2D eigenvalue weighted by atomic mass is 19.4. The number of aromatic nitrogens is 3. The molecule has 0 radical (unpaired) electrons. The maximum absolute atomic E-state index is 12.6. The number of alkyl halides is 3. The number of amides is 1. The topological polar surface area (TPSA) is 73.0 Å². The highest BCUT2D eigenvalue weighted by Crippen LogP contribution is 2.30. The van der Waals surface area contributed by atoms with Gasteiger partial charge >= 0.3 is 6.18 Å². The number of nitrogens with zero attached hydrogens (tertiary/aromatic N) is 3. The first kappa shape index (κ1) is 14.6. The van der Waals surface area contributed by atoms with Gasteiger partial charge in [0, 0.05) is 31.8 Å². The molecule has 1 amide bonds. The van der Waals surface area contributed by atoms with Crippen molar-refractivity contribution in [3.8, 4) is 0 Å². The summed E-state index contributed by atoms with van der Waals surface area (Å²) in [6, 6.07) is 1.44. The molecule has 0 saturated carbocycles. The summed E-state index contributed by atoms with van der Waals surface area (Å²) in [5.74, 6) is 0.131. The number of imidazole rings is 1. The lowest BCUT2D eigenvalue weighted by molar-refractivity contribution is -0.141. The van der Waals surface area contributed by atoms with E-state index in [0.29, 0.717) is 31.8 Å². The summed E-state index contributed by atoms with van der Waals surface area (Å²) in [4.78, 5) is 15.3. The Labute approximate surface area is 123 Å². The second-order valence-electron chi connectivity index (χ2n) is 5.19. The van der Waals surface area contributed by atoms with Crippen LogP contribution < -0.4 is 5.32 Å². The molecule has 2 aromatic heterocycles. The molecule has 1 aliphatic heterocycles. The van der Waals surface area contributed by atoms with Crippen LogP contribution in [0.5, 0.6) is 0 Å². The molecule has 0 saturated heterocycles. The Hall–Kier alpha value is -2.32. The second kappa shape index (κ2) is 5.47. The van der Waals surface area contributed by atoms with Crippen molar-refractivity contribution in [1.82, 2.24) is 20.0 Å². The summed E-state index contributed by atoms with van der Waals surface area (Å²) in [6.45, 7) is 0.766.